The first kappa shape index (κ1) is 12.7. The number of nitrogen functional groups attached to an aromatic ring is 1. The lowest BCUT2D eigenvalue weighted by molar-refractivity contribution is 0.0953. The highest BCUT2D eigenvalue weighted by molar-refractivity contribution is 5.93. The van der Waals surface area contributed by atoms with Crippen LogP contribution in [0.4, 0.5) is 5.69 Å². The minimum atomic E-state index is -0.256. The Bertz CT molecular complexity index is 639. The summed E-state index contributed by atoms with van der Waals surface area (Å²) in [7, 11) is 0. The molecule has 4 nitrogen and oxygen atoms in total. The maximum Gasteiger partial charge on any atom is 0.265 e. The van der Waals surface area contributed by atoms with Gasteiger partial charge in [-0.05, 0) is 35.7 Å². The number of carbonyl (C=O) groups excluding carboxylic acids is 1. The molecule has 0 aliphatic carbocycles. The van der Waals surface area contributed by atoms with Gasteiger partial charge in [-0.2, -0.15) is 0 Å². The van der Waals surface area contributed by atoms with E-state index in [2.05, 4.69) is 34.6 Å². The number of fused-ring (bicyclic) bond motifs is 1. The Balaban J connectivity index is 1.81. The SMILES string of the molecule is NNC(=O)c1cccc(CN2CCc3ccccc32)c1. The molecule has 0 bridgehead atoms. The number of nitrogens with zero attached hydrogens (tertiary/aromatic N) is 1. The van der Waals surface area contributed by atoms with Crippen molar-refractivity contribution in [3.8, 4) is 0 Å². The molecule has 1 heterocycles. The van der Waals surface area contributed by atoms with Gasteiger partial charge in [0.05, 0.1) is 0 Å². The highest BCUT2D eigenvalue weighted by atomic mass is 16.2. The third-order valence-corrected chi connectivity index (χ3v) is 3.68. The summed E-state index contributed by atoms with van der Waals surface area (Å²) in [5.41, 5.74) is 6.56. The van der Waals surface area contributed by atoms with Crippen LogP contribution in [0.5, 0.6) is 0 Å². The average Bonchev–Trinajstić information content (AvgIpc) is 2.90. The van der Waals surface area contributed by atoms with E-state index in [-0.39, 0.29) is 5.91 Å². The summed E-state index contributed by atoms with van der Waals surface area (Å²) in [6.07, 6.45) is 1.08. The van der Waals surface area contributed by atoms with Crippen molar-refractivity contribution in [2.75, 3.05) is 11.4 Å². The second kappa shape index (κ2) is 5.35. The Morgan fingerprint density at radius 1 is 1.20 bits per heavy atom. The number of rotatable bonds is 3. The summed E-state index contributed by atoms with van der Waals surface area (Å²) in [5, 5.41) is 0. The van der Waals surface area contributed by atoms with Crippen LogP contribution in [0.1, 0.15) is 21.5 Å². The summed E-state index contributed by atoms with van der Waals surface area (Å²) in [5.74, 6) is 4.92. The number of hydrogen-bond acceptors (Lipinski definition) is 3. The van der Waals surface area contributed by atoms with Gasteiger partial charge in [0.25, 0.3) is 5.91 Å². The van der Waals surface area contributed by atoms with Gasteiger partial charge in [0.1, 0.15) is 0 Å². The normalized spacial score (nSPS) is 13.2. The number of benzene rings is 2. The molecule has 0 atom stereocenters. The Kier molecular flexibility index (Phi) is 3.39. The third kappa shape index (κ3) is 2.38. The fourth-order valence-electron chi connectivity index (χ4n) is 2.69. The van der Waals surface area contributed by atoms with Gasteiger partial charge in [-0.3, -0.25) is 10.2 Å². The summed E-state index contributed by atoms with van der Waals surface area (Å²) in [6.45, 7) is 1.83. The zero-order valence-corrected chi connectivity index (χ0v) is 11.2. The number of hydrazine groups is 1. The second-order valence-electron chi connectivity index (χ2n) is 4.97. The number of nitrogens with one attached hydrogen (secondary N) is 1. The summed E-state index contributed by atoms with van der Waals surface area (Å²) < 4.78 is 0. The smallest absolute Gasteiger partial charge is 0.265 e. The molecule has 3 N–H and O–H groups in total. The van der Waals surface area contributed by atoms with Crippen LogP contribution in [0.3, 0.4) is 0 Å². The van der Waals surface area contributed by atoms with Crippen LogP contribution < -0.4 is 16.2 Å². The van der Waals surface area contributed by atoms with Crippen molar-refractivity contribution in [3.63, 3.8) is 0 Å². The monoisotopic (exact) mass is 267 g/mol. The predicted octanol–water partition coefficient (Wildman–Crippen LogP) is 1.85. The molecule has 0 aromatic heterocycles. The van der Waals surface area contributed by atoms with Crippen molar-refractivity contribution in [2.24, 2.45) is 5.84 Å². The minimum Gasteiger partial charge on any atom is -0.367 e. The predicted molar refractivity (Wildman–Crippen MR) is 79.3 cm³/mol. The minimum absolute atomic E-state index is 0.256. The molecule has 4 heteroatoms. The Morgan fingerprint density at radius 2 is 2.05 bits per heavy atom. The number of anilines is 1. The van der Waals surface area contributed by atoms with Crippen LogP contribution in [-0.2, 0) is 13.0 Å². The molecule has 1 aliphatic heterocycles. The van der Waals surface area contributed by atoms with Gasteiger partial charge in [0.15, 0.2) is 0 Å². The molecule has 1 aliphatic rings. The quantitative estimate of drug-likeness (QED) is 0.507. The number of carbonyl (C=O) groups is 1. The van der Waals surface area contributed by atoms with Crippen molar-refractivity contribution in [1.82, 2.24) is 5.43 Å². The molecule has 0 saturated heterocycles. The largest absolute Gasteiger partial charge is 0.367 e. The van der Waals surface area contributed by atoms with E-state index in [0.29, 0.717) is 5.56 Å². The molecule has 20 heavy (non-hydrogen) atoms. The first-order valence-corrected chi connectivity index (χ1v) is 6.70. The highest BCUT2D eigenvalue weighted by Crippen LogP contribution is 2.28. The van der Waals surface area contributed by atoms with Crippen molar-refractivity contribution < 1.29 is 4.79 Å². The lowest BCUT2D eigenvalue weighted by Gasteiger charge is -2.19. The van der Waals surface area contributed by atoms with Crippen LogP contribution in [0, 0.1) is 0 Å². The van der Waals surface area contributed by atoms with E-state index in [9.17, 15) is 4.79 Å². The topological polar surface area (TPSA) is 58.4 Å². The second-order valence-corrected chi connectivity index (χ2v) is 4.97. The van der Waals surface area contributed by atoms with Crippen molar-refractivity contribution >= 4 is 11.6 Å². The molecule has 0 unspecified atom stereocenters. The zero-order chi connectivity index (χ0) is 13.9. The highest BCUT2D eigenvalue weighted by Gasteiger charge is 2.18. The van der Waals surface area contributed by atoms with E-state index in [0.717, 1.165) is 25.1 Å². The molecule has 0 spiro atoms. The fraction of sp³-hybridized carbons (Fsp3) is 0.188. The van der Waals surface area contributed by atoms with E-state index in [1.54, 1.807) is 6.07 Å². The van der Waals surface area contributed by atoms with E-state index in [1.807, 2.05) is 18.2 Å². The molecule has 2 aromatic carbocycles. The number of nitrogens with two attached hydrogens (primary N) is 1. The Morgan fingerprint density at radius 3 is 2.90 bits per heavy atom. The van der Waals surface area contributed by atoms with Crippen LogP contribution >= 0.6 is 0 Å². The maximum absolute atomic E-state index is 11.6. The first-order valence-electron chi connectivity index (χ1n) is 6.70. The molecular weight excluding hydrogens is 250 g/mol. The molecule has 1 amide bonds. The molecule has 0 fully saturated rings. The Hall–Kier alpha value is -2.33. The Labute approximate surface area is 118 Å². The maximum atomic E-state index is 11.6. The molecule has 0 saturated carbocycles. The van der Waals surface area contributed by atoms with Crippen LogP contribution in [-0.4, -0.2) is 12.5 Å². The van der Waals surface area contributed by atoms with Gasteiger partial charge < -0.3 is 4.90 Å². The van der Waals surface area contributed by atoms with Gasteiger partial charge in [0, 0.05) is 24.3 Å². The fourth-order valence-corrected chi connectivity index (χ4v) is 2.69. The van der Waals surface area contributed by atoms with E-state index in [4.69, 9.17) is 5.84 Å². The summed E-state index contributed by atoms with van der Waals surface area (Å²) in [4.78, 5) is 13.9. The number of amides is 1. The van der Waals surface area contributed by atoms with Crippen molar-refractivity contribution in [1.29, 1.82) is 0 Å². The lowest BCUT2D eigenvalue weighted by Crippen LogP contribution is -2.30. The van der Waals surface area contributed by atoms with Gasteiger partial charge in [-0.1, -0.05) is 30.3 Å². The van der Waals surface area contributed by atoms with Gasteiger partial charge >= 0.3 is 0 Å². The summed E-state index contributed by atoms with van der Waals surface area (Å²) >= 11 is 0. The molecule has 2 aromatic rings. The number of hydrogen-bond donors (Lipinski definition) is 2. The van der Waals surface area contributed by atoms with Gasteiger partial charge in [0.2, 0.25) is 0 Å². The van der Waals surface area contributed by atoms with E-state index in [1.165, 1.54) is 11.3 Å². The van der Waals surface area contributed by atoms with E-state index >= 15 is 0 Å². The van der Waals surface area contributed by atoms with Crippen molar-refractivity contribution in [3.05, 3.63) is 65.2 Å². The van der Waals surface area contributed by atoms with Crippen molar-refractivity contribution in [2.45, 2.75) is 13.0 Å². The molecule has 3 rings (SSSR count). The first-order chi connectivity index (χ1) is 9.78. The van der Waals surface area contributed by atoms with Crippen LogP contribution in [0.15, 0.2) is 48.5 Å². The summed E-state index contributed by atoms with van der Waals surface area (Å²) in [6, 6.07) is 16.1. The lowest BCUT2D eigenvalue weighted by atomic mass is 10.1. The van der Waals surface area contributed by atoms with E-state index < -0.39 is 0 Å². The average molecular weight is 267 g/mol. The molecule has 0 radical (unpaired) electrons. The molecular formula is C16H17N3O. The molecule has 102 valence electrons. The van der Waals surface area contributed by atoms with Gasteiger partial charge in [-0.15, -0.1) is 0 Å². The van der Waals surface area contributed by atoms with Gasteiger partial charge in [-0.25, -0.2) is 5.84 Å². The standard InChI is InChI=1S/C16H17N3O/c17-18-16(20)14-6-3-4-12(10-14)11-19-9-8-13-5-1-2-7-15(13)19/h1-7,10H,8-9,11,17H2,(H,18,20). The van der Waals surface area contributed by atoms with Crippen LogP contribution in [0.2, 0.25) is 0 Å². The number of para-hydroxylation sites is 1. The third-order valence-electron chi connectivity index (χ3n) is 3.68. The van der Waals surface area contributed by atoms with Crippen LogP contribution in [0.25, 0.3) is 0 Å². The zero-order valence-electron chi connectivity index (χ0n) is 11.2.